The van der Waals surface area contributed by atoms with E-state index in [0.717, 1.165) is 109 Å². The van der Waals surface area contributed by atoms with Gasteiger partial charge in [-0.3, -0.25) is 9.59 Å². The molecule has 5 heteroatoms. The zero-order valence-electron chi connectivity index (χ0n) is 47.3. The van der Waals surface area contributed by atoms with Crippen LogP contribution in [0, 0.1) is 0 Å². The third-order valence-electron chi connectivity index (χ3n) is 12.0. The van der Waals surface area contributed by atoms with Crippen molar-refractivity contribution in [2.24, 2.45) is 0 Å². The Kier molecular flexibility index (Phi) is 58.5. The highest BCUT2D eigenvalue weighted by Crippen LogP contribution is 2.15. The van der Waals surface area contributed by atoms with Gasteiger partial charge in [-0.2, -0.15) is 0 Å². The molecule has 0 aromatic rings. The third kappa shape index (κ3) is 59.8. The van der Waals surface area contributed by atoms with Gasteiger partial charge in [0.05, 0.1) is 6.61 Å². The lowest BCUT2D eigenvalue weighted by Gasteiger charge is -2.15. The Balaban J connectivity index is 3.58. The lowest BCUT2D eigenvalue weighted by Crippen LogP contribution is -2.28. The molecule has 1 unspecified atom stereocenters. The average Bonchev–Trinajstić information content (AvgIpc) is 3.40. The number of ether oxygens (including phenoxy) is 2. The van der Waals surface area contributed by atoms with Crippen LogP contribution in [0.1, 0.15) is 232 Å². The SMILES string of the molecule is CC/C=C\C/C=C\C/C=C\C/C=C\C/C=C\C/C=C\C/C=C\C/C=C\CCCCCCCCCCCCCCCCCCC(=O)OC(CO)COC(=O)CC/C=C\C/C=C\C/C=C\C/C=C\C/C=C\C/C=C\CC. The maximum Gasteiger partial charge on any atom is 0.306 e. The highest BCUT2D eigenvalue weighted by molar-refractivity contribution is 5.70. The minimum atomic E-state index is -0.814. The zero-order chi connectivity index (χ0) is 53.4. The second kappa shape index (κ2) is 62.6. The fraction of sp³-hybridized carbons (Fsp3) is 0.565. The number of hydrogen-bond donors (Lipinski definition) is 1. The molecular weight excluding hydrogens is 909 g/mol. The van der Waals surface area contributed by atoms with Crippen LogP contribution in [-0.2, 0) is 19.1 Å². The highest BCUT2D eigenvalue weighted by Gasteiger charge is 2.16. The van der Waals surface area contributed by atoms with Crippen molar-refractivity contribution in [1.82, 2.24) is 0 Å². The summed E-state index contributed by atoms with van der Waals surface area (Å²) >= 11 is 0. The van der Waals surface area contributed by atoms with Crippen LogP contribution in [0.2, 0.25) is 0 Å². The van der Waals surface area contributed by atoms with Crippen LogP contribution in [-0.4, -0.2) is 36.4 Å². The molecule has 0 heterocycles. The van der Waals surface area contributed by atoms with Crippen molar-refractivity contribution in [2.75, 3.05) is 13.2 Å². The van der Waals surface area contributed by atoms with Crippen molar-refractivity contribution >= 4 is 11.9 Å². The van der Waals surface area contributed by atoms with Crippen molar-refractivity contribution in [2.45, 2.75) is 238 Å². The Morgan fingerprint density at radius 1 is 0.311 bits per heavy atom. The quantitative estimate of drug-likeness (QED) is 0.0373. The van der Waals surface area contributed by atoms with E-state index in [4.69, 9.17) is 9.47 Å². The van der Waals surface area contributed by atoms with E-state index in [1.165, 1.54) is 89.9 Å². The van der Waals surface area contributed by atoms with Crippen LogP contribution in [0.4, 0.5) is 0 Å². The van der Waals surface area contributed by atoms with Gasteiger partial charge < -0.3 is 14.6 Å². The van der Waals surface area contributed by atoms with Crippen molar-refractivity contribution in [3.8, 4) is 0 Å². The summed E-state index contributed by atoms with van der Waals surface area (Å²) in [5.41, 5.74) is 0. The summed E-state index contributed by atoms with van der Waals surface area (Å²) in [7, 11) is 0. The standard InChI is InChI=1S/C69H108O5/c1-3-5-7-9-11-13-15-17-19-21-23-24-25-26-27-28-29-30-31-32-33-34-35-36-37-38-39-40-41-42-43-44-46-48-50-52-54-56-58-60-62-64-69(72)74-67(65-70)66-73-68(71)63-61-59-57-55-53-51-49-47-45-22-20-18-16-14-12-10-8-6-4-2/h5-8,11-14,17-20,23-24,26-27,29-30,32-33,35-36,45,47,51,53,57,59,67,70H,3-4,9-10,15-16,21-22,25,28,31,34,37-44,46,48-50,52,54-56,58,60-66H2,1-2H3/b7-5-,8-6-,13-11-,14-12-,19-17-,20-18-,24-23-,27-26-,30-29-,33-32-,36-35-,47-45-,53-51-,59-57-. The van der Waals surface area contributed by atoms with Gasteiger partial charge in [-0.1, -0.05) is 274 Å². The molecule has 0 aliphatic heterocycles. The van der Waals surface area contributed by atoms with Crippen molar-refractivity contribution in [1.29, 1.82) is 0 Å². The summed E-state index contributed by atoms with van der Waals surface area (Å²) in [6.45, 7) is 3.84. The molecular formula is C69H108O5. The first-order chi connectivity index (χ1) is 36.6. The Morgan fingerprint density at radius 3 is 0.865 bits per heavy atom. The van der Waals surface area contributed by atoms with Gasteiger partial charge in [-0.15, -0.1) is 0 Å². The molecule has 5 nitrogen and oxygen atoms in total. The Hall–Kier alpha value is -4.74. The molecule has 0 radical (unpaired) electrons. The van der Waals surface area contributed by atoms with E-state index >= 15 is 0 Å². The summed E-state index contributed by atoms with van der Waals surface area (Å²) in [4.78, 5) is 24.5. The fourth-order valence-electron chi connectivity index (χ4n) is 7.66. The predicted molar refractivity (Wildman–Crippen MR) is 324 cm³/mol. The number of unbranched alkanes of at least 4 members (excludes halogenated alkanes) is 16. The molecule has 0 saturated heterocycles. The first-order valence-electron chi connectivity index (χ1n) is 29.7. The summed E-state index contributed by atoms with van der Waals surface area (Å²) < 4.78 is 10.6. The number of aliphatic hydroxyl groups is 1. The second-order valence-corrected chi connectivity index (χ2v) is 19.0. The van der Waals surface area contributed by atoms with Crippen LogP contribution in [0.25, 0.3) is 0 Å². The molecule has 74 heavy (non-hydrogen) atoms. The molecule has 0 aromatic carbocycles. The molecule has 0 spiro atoms. The van der Waals surface area contributed by atoms with Gasteiger partial charge in [-0.05, 0) is 116 Å². The highest BCUT2D eigenvalue weighted by atomic mass is 16.6. The molecule has 0 saturated carbocycles. The van der Waals surface area contributed by atoms with Gasteiger partial charge >= 0.3 is 11.9 Å². The van der Waals surface area contributed by atoms with Crippen LogP contribution < -0.4 is 0 Å². The minimum absolute atomic E-state index is 0.114. The third-order valence-corrected chi connectivity index (χ3v) is 12.0. The number of rotatable bonds is 52. The van der Waals surface area contributed by atoms with E-state index < -0.39 is 6.10 Å². The predicted octanol–water partition coefficient (Wildman–Crippen LogP) is 20.5. The number of hydrogen-bond acceptors (Lipinski definition) is 5. The Morgan fingerprint density at radius 2 is 0.568 bits per heavy atom. The van der Waals surface area contributed by atoms with Gasteiger partial charge in [0, 0.05) is 12.8 Å². The van der Waals surface area contributed by atoms with Gasteiger partial charge in [0.25, 0.3) is 0 Å². The van der Waals surface area contributed by atoms with Crippen molar-refractivity contribution in [3.63, 3.8) is 0 Å². The fourth-order valence-corrected chi connectivity index (χ4v) is 7.66. The number of aliphatic hydroxyl groups excluding tert-OH is 1. The van der Waals surface area contributed by atoms with Crippen LogP contribution in [0.3, 0.4) is 0 Å². The van der Waals surface area contributed by atoms with Crippen molar-refractivity contribution in [3.05, 3.63) is 170 Å². The molecule has 1 N–H and O–H groups in total. The van der Waals surface area contributed by atoms with Crippen molar-refractivity contribution < 1.29 is 24.2 Å². The number of carbonyl (C=O) groups is 2. The van der Waals surface area contributed by atoms with Crippen LogP contribution in [0.15, 0.2) is 170 Å². The van der Waals surface area contributed by atoms with E-state index in [9.17, 15) is 14.7 Å². The average molecular weight is 1020 g/mol. The van der Waals surface area contributed by atoms with E-state index in [-0.39, 0.29) is 31.6 Å². The summed E-state index contributed by atoms with van der Waals surface area (Å²) in [5, 5.41) is 9.64. The monoisotopic (exact) mass is 1020 g/mol. The molecule has 0 fully saturated rings. The molecule has 0 aromatic heterocycles. The van der Waals surface area contributed by atoms with Gasteiger partial charge in [-0.25, -0.2) is 0 Å². The molecule has 0 bridgehead atoms. The number of carbonyl (C=O) groups excluding carboxylic acids is 2. The maximum atomic E-state index is 12.3. The number of allylic oxidation sites excluding steroid dienone is 28. The van der Waals surface area contributed by atoms with Crippen LogP contribution in [0.5, 0.6) is 0 Å². The van der Waals surface area contributed by atoms with Gasteiger partial charge in [0.2, 0.25) is 0 Å². The van der Waals surface area contributed by atoms with E-state index in [0.29, 0.717) is 12.8 Å². The van der Waals surface area contributed by atoms with Gasteiger partial charge in [0.1, 0.15) is 6.61 Å². The Labute approximate surface area is 455 Å². The molecule has 1 atom stereocenters. The second-order valence-electron chi connectivity index (χ2n) is 19.0. The Bertz CT molecular complexity index is 1670. The summed E-state index contributed by atoms with van der Waals surface area (Å²) in [6, 6.07) is 0. The largest absolute Gasteiger partial charge is 0.462 e. The molecule has 0 amide bonds. The topological polar surface area (TPSA) is 72.8 Å². The summed E-state index contributed by atoms with van der Waals surface area (Å²) in [5.74, 6) is -0.696. The molecule has 0 aliphatic carbocycles. The number of esters is 2. The van der Waals surface area contributed by atoms with E-state index in [1.807, 2.05) is 12.2 Å². The lowest BCUT2D eigenvalue weighted by atomic mass is 10.0. The molecule has 0 aliphatic rings. The zero-order valence-corrected chi connectivity index (χ0v) is 47.3. The van der Waals surface area contributed by atoms with Gasteiger partial charge in [0.15, 0.2) is 6.10 Å². The molecule has 0 rings (SSSR count). The first kappa shape index (κ1) is 69.3. The van der Waals surface area contributed by atoms with E-state index in [1.54, 1.807) is 0 Å². The normalized spacial score (nSPS) is 13.5. The van der Waals surface area contributed by atoms with Crippen LogP contribution >= 0.6 is 0 Å². The van der Waals surface area contributed by atoms with E-state index in [2.05, 4.69) is 172 Å². The smallest absolute Gasteiger partial charge is 0.306 e. The lowest BCUT2D eigenvalue weighted by molar-refractivity contribution is -0.161. The molecule has 414 valence electrons. The summed E-state index contributed by atoms with van der Waals surface area (Å²) in [6.07, 6.45) is 97.8. The maximum absolute atomic E-state index is 12.3. The minimum Gasteiger partial charge on any atom is -0.462 e. The first-order valence-corrected chi connectivity index (χ1v) is 29.7.